The molecule has 0 unspecified atom stereocenters. The van der Waals surface area contributed by atoms with Crippen molar-refractivity contribution in [1.29, 1.82) is 0 Å². The highest BCUT2D eigenvalue weighted by Crippen LogP contribution is 2.51. The number of benzene rings is 1. The number of esters is 1. The largest absolute Gasteiger partial charge is 0.454 e. The molecule has 1 amide bonds. The van der Waals surface area contributed by atoms with Crippen LogP contribution >= 0.6 is 0 Å². The monoisotopic (exact) mass is 779 g/mol. The average Bonchev–Trinajstić information content (AvgIpc) is 3.63. The molecule has 2 aromatic heterocycles. The molecule has 12 nitrogen and oxygen atoms in total. The van der Waals surface area contributed by atoms with Gasteiger partial charge in [0.25, 0.3) is 0 Å². The van der Waals surface area contributed by atoms with Gasteiger partial charge in [-0.2, -0.15) is 0 Å². The Morgan fingerprint density at radius 1 is 0.889 bits per heavy atom. The summed E-state index contributed by atoms with van der Waals surface area (Å²) in [5.41, 5.74) is -1.15. The number of hydrogen-bond donors (Lipinski definition) is 1. The zero-order chi connectivity index (χ0) is 40.0. The van der Waals surface area contributed by atoms with Crippen molar-refractivity contribution in [3.63, 3.8) is 0 Å². The first-order valence-corrected chi connectivity index (χ1v) is 23.2. The number of hydrogen-bond acceptors (Lipinski definition) is 10. The van der Waals surface area contributed by atoms with Crippen LogP contribution in [-0.2, 0) is 37.8 Å². The molecule has 54 heavy (non-hydrogen) atoms. The van der Waals surface area contributed by atoms with Crippen molar-refractivity contribution in [2.45, 2.75) is 143 Å². The third-order valence-electron chi connectivity index (χ3n) is 10.5. The minimum atomic E-state index is -3.20. The molecular weight excluding hydrogens is 719 g/mol. The summed E-state index contributed by atoms with van der Waals surface area (Å²) in [5.74, 6) is -0.384. The number of anilines is 1. The van der Waals surface area contributed by atoms with E-state index in [1.807, 2.05) is 84.0 Å². The number of carbonyl (C=O) groups excluding carboxylic acids is 2. The molecule has 0 spiro atoms. The molecule has 2 aliphatic rings. The summed E-state index contributed by atoms with van der Waals surface area (Å²) < 4.78 is 38.0. The molecule has 4 atom stereocenters. The van der Waals surface area contributed by atoms with Gasteiger partial charge >= 0.3 is 23.1 Å². The van der Waals surface area contributed by atoms with Gasteiger partial charge in [-0.05, 0) is 54.6 Å². The van der Waals surface area contributed by atoms with E-state index < -0.39 is 58.0 Å². The van der Waals surface area contributed by atoms with E-state index in [9.17, 15) is 9.59 Å². The lowest BCUT2D eigenvalue weighted by molar-refractivity contribution is -0.176. The number of ether oxygens (including phenoxy) is 2. The van der Waals surface area contributed by atoms with E-state index in [0.717, 1.165) is 5.56 Å². The highest BCUT2D eigenvalue weighted by Gasteiger charge is 2.66. The summed E-state index contributed by atoms with van der Waals surface area (Å²) in [6.45, 7) is 28.5. The number of rotatable bonds is 9. The van der Waals surface area contributed by atoms with Crippen LogP contribution in [0.1, 0.15) is 102 Å². The normalized spacial score (nSPS) is 24.7. The van der Waals surface area contributed by atoms with Crippen LogP contribution in [0.15, 0.2) is 49.1 Å². The first-order chi connectivity index (χ1) is 25.1. The van der Waals surface area contributed by atoms with Gasteiger partial charge in [0.2, 0.25) is 11.6 Å². The predicted octanol–water partition coefficient (Wildman–Crippen LogP) is 8.49. The number of carbonyl (C=O) groups is 2. The molecular formula is C40H61N5O7Si2. The maximum atomic E-state index is 14.1. The van der Waals surface area contributed by atoms with Crippen LogP contribution in [0.3, 0.4) is 0 Å². The molecule has 2 fully saturated rings. The topological polar surface area (TPSA) is 136 Å². The molecule has 0 aliphatic carbocycles. The van der Waals surface area contributed by atoms with Crippen LogP contribution in [0.2, 0.25) is 22.2 Å². The smallest absolute Gasteiger partial charge is 0.335 e. The highest BCUT2D eigenvalue weighted by molar-refractivity contribution is 6.84. The molecule has 2 aliphatic heterocycles. The van der Waals surface area contributed by atoms with Crippen LogP contribution in [0.4, 0.5) is 5.82 Å². The average molecular weight is 780 g/mol. The summed E-state index contributed by atoms with van der Waals surface area (Å²) in [4.78, 5) is 41.1. The summed E-state index contributed by atoms with van der Waals surface area (Å²) in [5, 5.41) is 2.93. The highest BCUT2D eigenvalue weighted by atomic mass is 28.5. The third-order valence-corrected chi connectivity index (χ3v) is 20.8. The fourth-order valence-corrected chi connectivity index (χ4v) is 18.5. The number of nitrogens with zero attached hydrogens (tertiary/aromatic N) is 4. The van der Waals surface area contributed by atoms with Crippen molar-refractivity contribution in [3.8, 4) is 0 Å². The van der Waals surface area contributed by atoms with Crippen molar-refractivity contribution >= 4 is 52.1 Å². The van der Waals surface area contributed by atoms with Crippen molar-refractivity contribution < 1.29 is 32.0 Å². The van der Waals surface area contributed by atoms with Crippen LogP contribution < -0.4 is 5.32 Å². The van der Waals surface area contributed by atoms with Gasteiger partial charge in [-0.1, -0.05) is 113 Å². The van der Waals surface area contributed by atoms with Crippen LogP contribution in [-0.4, -0.2) is 73.4 Å². The number of nitrogens with one attached hydrogen (secondary N) is 1. The Labute approximate surface area is 323 Å². The molecule has 5 rings (SSSR count). The van der Waals surface area contributed by atoms with Gasteiger partial charge < -0.3 is 27.8 Å². The van der Waals surface area contributed by atoms with Gasteiger partial charge in [-0.3, -0.25) is 14.2 Å². The van der Waals surface area contributed by atoms with E-state index in [1.165, 1.54) is 6.33 Å². The van der Waals surface area contributed by atoms with E-state index in [0.29, 0.717) is 11.2 Å². The van der Waals surface area contributed by atoms with E-state index in [1.54, 1.807) is 10.9 Å². The van der Waals surface area contributed by atoms with Gasteiger partial charge in [0.15, 0.2) is 23.1 Å². The Morgan fingerprint density at radius 2 is 1.50 bits per heavy atom. The summed E-state index contributed by atoms with van der Waals surface area (Å²) >= 11 is 0. The van der Waals surface area contributed by atoms with E-state index in [4.69, 9.17) is 27.4 Å². The number of fused-ring (bicyclic) bond motifs is 2. The fraction of sp³-hybridized carbons (Fsp3) is 0.625. The van der Waals surface area contributed by atoms with Gasteiger partial charge in [0.05, 0.1) is 18.3 Å². The fourth-order valence-electron chi connectivity index (χ4n) is 7.32. The van der Waals surface area contributed by atoms with Crippen LogP contribution in [0, 0.1) is 10.8 Å². The van der Waals surface area contributed by atoms with Crippen molar-refractivity contribution in [2.24, 2.45) is 10.8 Å². The maximum absolute atomic E-state index is 14.1. The molecule has 0 saturated carbocycles. The first kappa shape index (κ1) is 41.9. The Morgan fingerprint density at radius 3 is 2.06 bits per heavy atom. The lowest BCUT2D eigenvalue weighted by Gasteiger charge is -2.51. The summed E-state index contributed by atoms with van der Waals surface area (Å²) in [7, 11) is -6.14. The lowest BCUT2D eigenvalue weighted by atomic mass is 9.95. The Balaban J connectivity index is 1.81. The van der Waals surface area contributed by atoms with Crippen molar-refractivity contribution in [1.82, 2.24) is 19.5 Å². The minimum Gasteiger partial charge on any atom is -0.454 e. The van der Waals surface area contributed by atoms with Crippen molar-refractivity contribution in [3.05, 3.63) is 54.6 Å². The second-order valence-corrected chi connectivity index (χ2v) is 26.8. The molecule has 2 saturated heterocycles. The molecule has 14 heteroatoms. The molecule has 0 bridgehead atoms. The molecule has 1 N–H and O–H groups in total. The van der Waals surface area contributed by atoms with Crippen LogP contribution in [0.25, 0.3) is 17.2 Å². The second kappa shape index (κ2) is 15.3. The number of amides is 1. The molecule has 0 radical (unpaired) electrons. The van der Waals surface area contributed by atoms with Gasteiger partial charge in [-0.15, -0.1) is 0 Å². The summed E-state index contributed by atoms with van der Waals surface area (Å²) in [6, 6.07) is 9.84. The number of aromatic nitrogens is 4. The Kier molecular flexibility index (Phi) is 11.9. The van der Waals surface area contributed by atoms with Gasteiger partial charge in [0, 0.05) is 5.41 Å². The number of imidazole rings is 1. The molecule has 3 aromatic rings. The molecule has 4 heterocycles. The van der Waals surface area contributed by atoms with E-state index >= 15 is 0 Å². The minimum absolute atomic E-state index is 0.0221. The maximum Gasteiger partial charge on any atom is 0.335 e. The van der Waals surface area contributed by atoms with Crippen molar-refractivity contribution in [2.75, 3.05) is 11.9 Å². The molecule has 296 valence electrons. The van der Waals surface area contributed by atoms with E-state index in [2.05, 4.69) is 70.7 Å². The zero-order valence-electron chi connectivity index (χ0n) is 34.6. The quantitative estimate of drug-likeness (QED) is 0.166. The summed E-state index contributed by atoms with van der Waals surface area (Å²) in [6.07, 6.45) is 4.32. The van der Waals surface area contributed by atoms with Gasteiger partial charge in [0.1, 0.15) is 18.5 Å². The second-order valence-electron chi connectivity index (χ2n) is 18.0. The van der Waals surface area contributed by atoms with E-state index in [-0.39, 0.29) is 40.5 Å². The Hall–Kier alpha value is -3.28. The lowest BCUT2D eigenvalue weighted by Crippen LogP contribution is -2.66. The Bertz CT molecular complexity index is 1820. The first-order valence-electron chi connectivity index (χ1n) is 19.2. The van der Waals surface area contributed by atoms with Crippen LogP contribution in [0.5, 0.6) is 0 Å². The van der Waals surface area contributed by atoms with Gasteiger partial charge in [-0.25, -0.2) is 15.0 Å². The standard InChI is InChI=1S/C40H61N5O7Si2/c1-25(2)53(26(3)4)48-22-30-32(51-54(52-53,27(5)6)28(7)8)33(49-37(47)39(12,13)14)40(50-30,21-20-29-18-16-15-17-19-29)45-24-43-31-34(41-23-42-35(31)45)44-36(46)38(9,10)11/h15-21,23-28,30,32-33H,22H2,1-14H3,(H,41,42,44,46)/b21-20+/t30-,32-,33+,40-/m1/s1. The predicted molar refractivity (Wildman–Crippen MR) is 215 cm³/mol. The zero-order valence-corrected chi connectivity index (χ0v) is 36.6. The SMILES string of the molecule is CC(C)[Si]1(C(C)C)OC[C@H]2O[C@@](/C=C/c3ccccc3)(n3cnc4c(NC(=O)C(C)(C)C)ncnc43)[C@@H](OC(=O)C(C)(C)C)[C@@H]2O[Si](C(C)C)(C(C)C)O1. The third kappa shape index (κ3) is 7.74. The molecule has 1 aromatic carbocycles.